The van der Waals surface area contributed by atoms with E-state index >= 15 is 0 Å². The summed E-state index contributed by atoms with van der Waals surface area (Å²) in [6.07, 6.45) is 0.449. The van der Waals surface area contributed by atoms with E-state index in [0.29, 0.717) is 18.7 Å². The maximum Gasteiger partial charge on any atom is 0.326 e. The molecular weight excluding hydrogens is 346 g/mol. The summed E-state index contributed by atoms with van der Waals surface area (Å²) in [6.45, 7) is 2.23. The van der Waals surface area contributed by atoms with Crippen LogP contribution in [0.1, 0.15) is 24.8 Å². The summed E-state index contributed by atoms with van der Waals surface area (Å²) < 4.78 is 0. The van der Waals surface area contributed by atoms with Crippen LogP contribution in [0, 0.1) is 5.92 Å². The maximum absolute atomic E-state index is 12.5. The Hall–Kier alpha value is -2.27. The molecule has 1 heterocycles. The van der Waals surface area contributed by atoms with E-state index in [2.05, 4.69) is 36.9 Å². The summed E-state index contributed by atoms with van der Waals surface area (Å²) in [6, 6.07) is 17.6. The highest BCUT2D eigenvalue weighted by atomic mass is 32.1. The minimum atomic E-state index is -0.937. The Morgan fingerprint density at radius 3 is 2.31 bits per heavy atom. The molecule has 2 aromatic carbocycles. The van der Waals surface area contributed by atoms with Crippen molar-refractivity contribution in [2.24, 2.45) is 5.92 Å². The number of carbonyl (C=O) groups excluding carboxylic acids is 1. The standard InChI is InChI=1S/C21H23NO3S/c1-14(13-26)20(23)22-12-18(11-19(22)21(24)25)17-9-7-16(8-10-17)15-5-3-2-4-6-15/h2-10,14,18-19,26H,11-13H2,1H3,(H,24,25)/t14?,18?,19-/m0/s1. The van der Waals surface area contributed by atoms with Gasteiger partial charge in [0.05, 0.1) is 0 Å². The average Bonchev–Trinajstić information content (AvgIpc) is 3.13. The number of thiol groups is 1. The van der Waals surface area contributed by atoms with Crippen molar-refractivity contribution >= 4 is 24.5 Å². The molecule has 3 rings (SSSR count). The summed E-state index contributed by atoms with van der Waals surface area (Å²) >= 11 is 4.17. The normalized spacial score (nSPS) is 20.8. The van der Waals surface area contributed by atoms with Gasteiger partial charge in [0.2, 0.25) is 5.91 Å². The van der Waals surface area contributed by atoms with Crippen LogP contribution < -0.4 is 0 Å². The lowest BCUT2D eigenvalue weighted by Crippen LogP contribution is -2.43. The average molecular weight is 369 g/mol. The molecule has 1 saturated heterocycles. The largest absolute Gasteiger partial charge is 0.480 e. The van der Waals surface area contributed by atoms with Crippen molar-refractivity contribution in [1.82, 2.24) is 4.90 Å². The van der Waals surface area contributed by atoms with E-state index in [-0.39, 0.29) is 17.7 Å². The number of carboxylic acid groups (broad SMARTS) is 1. The van der Waals surface area contributed by atoms with Crippen molar-refractivity contribution in [3.05, 3.63) is 60.2 Å². The topological polar surface area (TPSA) is 57.6 Å². The molecule has 1 aliphatic rings. The van der Waals surface area contributed by atoms with Crippen molar-refractivity contribution in [3.63, 3.8) is 0 Å². The van der Waals surface area contributed by atoms with Gasteiger partial charge in [-0.3, -0.25) is 4.79 Å². The highest BCUT2D eigenvalue weighted by Gasteiger charge is 2.41. The molecule has 5 heteroatoms. The highest BCUT2D eigenvalue weighted by Crippen LogP contribution is 2.34. The number of hydrogen-bond acceptors (Lipinski definition) is 3. The molecule has 26 heavy (non-hydrogen) atoms. The Morgan fingerprint density at radius 1 is 1.12 bits per heavy atom. The van der Waals surface area contributed by atoms with Gasteiger partial charge in [-0.1, -0.05) is 61.5 Å². The molecule has 0 spiro atoms. The Morgan fingerprint density at radius 2 is 1.73 bits per heavy atom. The van der Waals surface area contributed by atoms with Crippen molar-refractivity contribution < 1.29 is 14.7 Å². The van der Waals surface area contributed by atoms with Gasteiger partial charge in [0.25, 0.3) is 0 Å². The van der Waals surface area contributed by atoms with Crippen LogP contribution in [0.5, 0.6) is 0 Å². The van der Waals surface area contributed by atoms with Gasteiger partial charge in [-0.25, -0.2) is 4.79 Å². The third-order valence-corrected chi connectivity index (χ3v) is 5.60. The summed E-state index contributed by atoms with van der Waals surface area (Å²) in [5.74, 6) is -0.890. The third-order valence-electron chi connectivity index (χ3n) is 5.05. The first-order chi connectivity index (χ1) is 12.5. The van der Waals surface area contributed by atoms with Crippen molar-refractivity contribution in [1.29, 1.82) is 0 Å². The zero-order chi connectivity index (χ0) is 18.7. The Labute approximate surface area is 159 Å². The zero-order valence-corrected chi connectivity index (χ0v) is 15.6. The Balaban J connectivity index is 1.79. The number of nitrogens with zero attached hydrogens (tertiary/aromatic N) is 1. The number of likely N-dealkylation sites (tertiary alicyclic amines) is 1. The molecule has 136 valence electrons. The molecular formula is C21H23NO3S. The number of carboxylic acids is 1. The first-order valence-corrected chi connectivity index (χ1v) is 9.44. The molecule has 1 N–H and O–H groups in total. The first-order valence-electron chi connectivity index (χ1n) is 8.80. The fraction of sp³-hybridized carbons (Fsp3) is 0.333. The van der Waals surface area contributed by atoms with Gasteiger partial charge in [0, 0.05) is 24.1 Å². The second kappa shape index (κ2) is 7.96. The van der Waals surface area contributed by atoms with Crippen LogP contribution in [0.2, 0.25) is 0 Å². The van der Waals surface area contributed by atoms with Crippen LogP contribution in [-0.4, -0.2) is 40.2 Å². The molecule has 1 fully saturated rings. The number of benzene rings is 2. The number of rotatable bonds is 5. The van der Waals surface area contributed by atoms with Gasteiger partial charge >= 0.3 is 5.97 Å². The molecule has 0 aliphatic carbocycles. The summed E-state index contributed by atoms with van der Waals surface area (Å²) in [4.78, 5) is 25.7. The van der Waals surface area contributed by atoms with Crippen molar-refractivity contribution in [2.75, 3.05) is 12.3 Å². The Bertz CT molecular complexity index is 776. The molecule has 2 unspecified atom stereocenters. The van der Waals surface area contributed by atoms with Gasteiger partial charge < -0.3 is 10.0 Å². The van der Waals surface area contributed by atoms with Crippen LogP contribution >= 0.6 is 12.6 Å². The molecule has 1 amide bonds. The summed E-state index contributed by atoms with van der Waals surface area (Å²) in [7, 11) is 0. The van der Waals surface area contributed by atoms with E-state index in [4.69, 9.17) is 0 Å². The van der Waals surface area contributed by atoms with E-state index in [1.165, 1.54) is 4.90 Å². The lowest BCUT2D eigenvalue weighted by Gasteiger charge is -2.24. The number of hydrogen-bond donors (Lipinski definition) is 2. The molecule has 2 aromatic rings. The van der Waals surface area contributed by atoms with E-state index in [1.807, 2.05) is 30.3 Å². The van der Waals surface area contributed by atoms with Gasteiger partial charge in [0.1, 0.15) is 6.04 Å². The van der Waals surface area contributed by atoms with Crippen LogP contribution in [0.15, 0.2) is 54.6 Å². The minimum Gasteiger partial charge on any atom is -0.480 e. The first kappa shape index (κ1) is 18.5. The third kappa shape index (κ3) is 3.78. The predicted molar refractivity (Wildman–Crippen MR) is 105 cm³/mol. The fourth-order valence-electron chi connectivity index (χ4n) is 3.49. The monoisotopic (exact) mass is 369 g/mol. The smallest absolute Gasteiger partial charge is 0.326 e. The van der Waals surface area contributed by atoms with Crippen LogP contribution in [0.25, 0.3) is 11.1 Å². The van der Waals surface area contributed by atoms with Gasteiger partial charge in [-0.15, -0.1) is 0 Å². The molecule has 0 radical (unpaired) electrons. The Kier molecular flexibility index (Phi) is 5.67. The van der Waals surface area contributed by atoms with Crippen LogP contribution in [0.4, 0.5) is 0 Å². The van der Waals surface area contributed by atoms with Crippen LogP contribution in [0.3, 0.4) is 0 Å². The van der Waals surface area contributed by atoms with Crippen LogP contribution in [-0.2, 0) is 9.59 Å². The summed E-state index contributed by atoms with van der Waals surface area (Å²) in [5.41, 5.74) is 3.34. The maximum atomic E-state index is 12.5. The van der Waals surface area contributed by atoms with Crippen molar-refractivity contribution in [2.45, 2.75) is 25.3 Å². The van der Waals surface area contributed by atoms with E-state index < -0.39 is 12.0 Å². The minimum absolute atomic E-state index is 0.0389. The van der Waals surface area contributed by atoms with Gasteiger partial charge in [-0.05, 0) is 23.1 Å². The zero-order valence-electron chi connectivity index (χ0n) is 14.7. The fourth-order valence-corrected chi connectivity index (χ4v) is 3.65. The van der Waals surface area contributed by atoms with E-state index in [1.54, 1.807) is 6.92 Å². The second-order valence-electron chi connectivity index (χ2n) is 6.85. The lowest BCUT2D eigenvalue weighted by molar-refractivity contribution is -0.149. The van der Waals surface area contributed by atoms with E-state index in [9.17, 15) is 14.7 Å². The molecule has 1 aliphatic heterocycles. The van der Waals surface area contributed by atoms with E-state index in [0.717, 1.165) is 16.7 Å². The summed E-state index contributed by atoms with van der Waals surface area (Å²) in [5, 5.41) is 9.53. The van der Waals surface area contributed by atoms with Gasteiger partial charge in [0.15, 0.2) is 0 Å². The molecule has 0 aromatic heterocycles. The number of carbonyl (C=O) groups is 2. The number of aliphatic carboxylic acids is 1. The quantitative estimate of drug-likeness (QED) is 0.791. The SMILES string of the molecule is CC(CS)C(=O)N1CC(c2ccc(-c3ccccc3)cc2)C[C@H]1C(=O)O. The second-order valence-corrected chi connectivity index (χ2v) is 7.21. The molecule has 4 nitrogen and oxygen atoms in total. The lowest BCUT2D eigenvalue weighted by atomic mass is 9.94. The molecule has 0 saturated carbocycles. The predicted octanol–water partition coefficient (Wildman–Crippen LogP) is 3.69. The highest BCUT2D eigenvalue weighted by molar-refractivity contribution is 7.80. The molecule has 0 bridgehead atoms. The molecule has 3 atom stereocenters. The van der Waals surface area contributed by atoms with Crippen molar-refractivity contribution in [3.8, 4) is 11.1 Å². The number of amides is 1. The van der Waals surface area contributed by atoms with Gasteiger partial charge in [-0.2, -0.15) is 12.6 Å².